The van der Waals surface area contributed by atoms with Gasteiger partial charge in [-0.15, -0.1) is 0 Å². The summed E-state index contributed by atoms with van der Waals surface area (Å²) in [6.07, 6.45) is 1.97. The Kier molecular flexibility index (Phi) is 3.21. The first-order valence-electron chi connectivity index (χ1n) is 3.23. The third-order valence-corrected chi connectivity index (χ3v) is 1.14. The number of carbonyl (C=O) groups is 1. The molecule has 0 saturated heterocycles. The van der Waals surface area contributed by atoms with Crippen LogP contribution in [-0.4, -0.2) is 5.78 Å². The number of hydrogen-bond acceptors (Lipinski definition) is 1. The summed E-state index contributed by atoms with van der Waals surface area (Å²) in [5, 5.41) is 0. The summed E-state index contributed by atoms with van der Waals surface area (Å²) in [6.45, 7) is 7.56. The maximum Gasteiger partial charge on any atom is 0.155 e. The molecule has 0 saturated carbocycles. The van der Waals surface area contributed by atoms with Crippen LogP contribution in [0.25, 0.3) is 0 Å². The third kappa shape index (κ3) is 3.95. The molecule has 0 aromatic heterocycles. The summed E-state index contributed by atoms with van der Waals surface area (Å²) < 4.78 is 0. The van der Waals surface area contributed by atoms with E-state index in [9.17, 15) is 4.79 Å². The standard InChI is InChI=1S/C8H14O/c1-6(2)5-7(3)8(4)9/h5-6H,1-4H3/b7-5+. The van der Waals surface area contributed by atoms with Crippen LogP contribution in [-0.2, 0) is 4.79 Å². The molecule has 0 atom stereocenters. The molecule has 0 fully saturated rings. The van der Waals surface area contributed by atoms with Gasteiger partial charge in [0.2, 0.25) is 0 Å². The van der Waals surface area contributed by atoms with E-state index in [1.54, 1.807) is 6.92 Å². The number of Topliss-reactive ketones (excluding diaryl/α,β-unsaturated/α-hetero) is 1. The molecule has 9 heavy (non-hydrogen) atoms. The highest BCUT2D eigenvalue weighted by atomic mass is 16.1. The molecule has 1 nitrogen and oxygen atoms in total. The maximum atomic E-state index is 10.6. The zero-order valence-corrected chi connectivity index (χ0v) is 6.56. The number of rotatable bonds is 2. The molecule has 1 heteroatoms. The smallest absolute Gasteiger partial charge is 0.155 e. The van der Waals surface area contributed by atoms with E-state index < -0.39 is 0 Å². The predicted octanol–water partition coefficient (Wildman–Crippen LogP) is 2.18. The molecule has 0 aliphatic rings. The van der Waals surface area contributed by atoms with Crippen LogP contribution in [0.15, 0.2) is 11.6 Å². The van der Waals surface area contributed by atoms with E-state index in [0.717, 1.165) is 5.57 Å². The Morgan fingerprint density at radius 3 is 1.89 bits per heavy atom. The molecule has 0 N–H and O–H groups in total. The highest BCUT2D eigenvalue weighted by Gasteiger charge is 1.95. The first-order chi connectivity index (χ1) is 4.04. The number of allylic oxidation sites excluding steroid dienone is 2. The Balaban J connectivity index is 4.00. The number of carbonyl (C=O) groups excluding carboxylic acids is 1. The quantitative estimate of drug-likeness (QED) is 0.518. The second-order valence-corrected chi connectivity index (χ2v) is 2.65. The van der Waals surface area contributed by atoms with Crippen molar-refractivity contribution in [1.29, 1.82) is 0 Å². The van der Waals surface area contributed by atoms with Crippen LogP contribution in [0.3, 0.4) is 0 Å². The lowest BCUT2D eigenvalue weighted by Crippen LogP contribution is -1.93. The van der Waals surface area contributed by atoms with E-state index in [1.165, 1.54) is 0 Å². The molecule has 0 spiro atoms. The SMILES string of the molecule is CC(=O)/C(C)=C/C(C)C. The molecule has 0 radical (unpaired) electrons. The molecule has 0 aliphatic heterocycles. The molecule has 0 rings (SSSR count). The van der Waals surface area contributed by atoms with Crippen molar-refractivity contribution in [3.63, 3.8) is 0 Å². The van der Waals surface area contributed by atoms with Crippen LogP contribution >= 0.6 is 0 Å². The fourth-order valence-corrected chi connectivity index (χ4v) is 0.617. The van der Waals surface area contributed by atoms with Gasteiger partial charge < -0.3 is 0 Å². The van der Waals surface area contributed by atoms with Crippen LogP contribution < -0.4 is 0 Å². The number of hydrogen-bond donors (Lipinski definition) is 0. The first-order valence-corrected chi connectivity index (χ1v) is 3.23. The Labute approximate surface area is 56.8 Å². The molecular formula is C8H14O. The van der Waals surface area contributed by atoms with Gasteiger partial charge >= 0.3 is 0 Å². The van der Waals surface area contributed by atoms with Gasteiger partial charge in [0, 0.05) is 0 Å². The summed E-state index contributed by atoms with van der Waals surface area (Å²) in [5.41, 5.74) is 0.866. The van der Waals surface area contributed by atoms with Crippen molar-refractivity contribution < 1.29 is 4.79 Å². The zero-order valence-electron chi connectivity index (χ0n) is 6.56. The molecule has 0 bridgehead atoms. The van der Waals surface area contributed by atoms with E-state index in [2.05, 4.69) is 13.8 Å². The van der Waals surface area contributed by atoms with Gasteiger partial charge in [0.05, 0.1) is 0 Å². The van der Waals surface area contributed by atoms with Crippen molar-refractivity contribution >= 4 is 5.78 Å². The van der Waals surface area contributed by atoms with Crippen LogP contribution in [0, 0.1) is 5.92 Å². The van der Waals surface area contributed by atoms with Gasteiger partial charge in [-0.05, 0) is 25.3 Å². The van der Waals surface area contributed by atoms with Crippen molar-refractivity contribution in [2.45, 2.75) is 27.7 Å². The highest BCUT2D eigenvalue weighted by Crippen LogP contribution is 2.01. The summed E-state index contributed by atoms with van der Waals surface area (Å²) in [6, 6.07) is 0. The lowest BCUT2D eigenvalue weighted by atomic mass is 10.1. The second-order valence-electron chi connectivity index (χ2n) is 2.65. The predicted molar refractivity (Wildman–Crippen MR) is 39.3 cm³/mol. The normalized spacial score (nSPS) is 12.3. The monoisotopic (exact) mass is 126 g/mol. The minimum absolute atomic E-state index is 0.170. The van der Waals surface area contributed by atoms with Gasteiger partial charge in [-0.25, -0.2) is 0 Å². The largest absolute Gasteiger partial charge is 0.295 e. The van der Waals surface area contributed by atoms with E-state index in [4.69, 9.17) is 0 Å². The van der Waals surface area contributed by atoms with Crippen LogP contribution in [0.2, 0.25) is 0 Å². The third-order valence-electron chi connectivity index (χ3n) is 1.14. The topological polar surface area (TPSA) is 17.1 Å². The van der Waals surface area contributed by atoms with E-state index >= 15 is 0 Å². The summed E-state index contributed by atoms with van der Waals surface area (Å²) in [4.78, 5) is 10.6. The first kappa shape index (κ1) is 8.41. The Morgan fingerprint density at radius 1 is 1.33 bits per heavy atom. The van der Waals surface area contributed by atoms with Crippen molar-refractivity contribution in [1.82, 2.24) is 0 Å². The van der Waals surface area contributed by atoms with E-state index in [1.807, 2.05) is 13.0 Å². The molecule has 0 unspecified atom stereocenters. The molecule has 52 valence electrons. The molecule has 0 amide bonds. The minimum atomic E-state index is 0.170. The average molecular weight is 126 g/mol. The fourth-order valence-electron chi connectivity index (χ4n) is 0.617. The lowest BCUT2D eigenvalue weighted by molar-refractivity contribution is -0.113. The second kappa shape index (κ2) is 3.44. The van der Waals surface area contributed by atoms with Crippen LogP contribution in [0.5, 0.6) is 0 Å². The summed E-state index contributed by atoms with van der Waals surface area (Å²) >= 11 is 0. The minimum Gasteiger partial charge on any atom is -0.295 e. The Hall–Kier alpha value is -0.590. The van der Waals surface area contributed by atoms with Crippen molar-refractivity contribution in [2.75, 3.05) is 0 Å². The molecule has 0 aromatic carbocycles. The van der Waals surface area contributed by atoms with Gasteiger partial charge in [0.15, 0.2) is 5.78 Å². The fraction of sp³-hybridized carbons (Fsp3) is 0.625. The number of ketones is 1. The lowest BCUT2D eigenvalue weighted by Gasteiger charge is -1.96. The summed E-state index contributed by atoms with van der Waals surface area (Å²) in [7, 11) is 0. The maximum absolute atomic E-state index is 10.6. The van der Waals surface area contributed by atoms with Crippen molar-refractivity contribution in [3.05, 3.63) is 11.6 Å². The molecule has 0 aliphatic carbocycles. The zero-order chi connectivity index (χ0) is 7.44. The Morgan fingerprint density at radius 2 is 1.78 bits per heavy atom. The van der Waals surface area contributed by atoms with Gasteiger partial charge in [-0.2, -0.15) is 0 Å². The van der Waals surface area contributed by atoms with Crippen LogP contribution in [0.4, 0.5) is 0 Å². The van der Waals surface area contributed by atoms with Crippen LogP contribution in [0.1, 0.15) is 27.7 Å². The Bertz CT molecular complexity index is 132. The molecule has 0 aromatic rings. The average Bonchev–Trinajstić information content (AvgIpc) is 1.63. The van der Waals surface area contributed by atoms with Gasteiger partial charge in [-0.3, -0.25) is 4.79 Å². The van der Waals surface area contributed by atoms with Gasteiger partial charge in [0.1, 0.15) is 0 Å². The molecular weight excluding hydrogens is 112 g/mol. The van der Waals surface area contributed by atoms with Gasteiger partial charge in [0.25, 0.3) is 0 Å². The highest BCUT2D eigenvalue weighted by molar-refractivity contribution is 5.92. The van der Waals surface area contributed by atoms with E-state index in [-0.39, 0.29) is 5.78 Å². The van der Waals surface area contributed by atoms with Gasteiger partial charge in [-0.1, -0.05) is 19.9 Å². The summed E-state index contributed by atoms with van der Waals surface area (Å²) in [5.74, 6) is 0.651. The van der Waals surface area contributed by atoms with Crippen molar-refractivity contribution in [2.24, 2.45) is 5.92 Å². The van der Waals surface area contributed by atoms with Crippen molar-refractivity contribution in [3.8, 4) is 0 Å². The molecule has 0 heterocycles. The van der Waals surface area contributed by atoms with E-state index in [0.29, 0.717) is 5.92 Å².